The zero-order valence-corrected chi connectivity index (χ0v) is 11.0. The van der Waals surface area contributed by atoms with E-state index >= 15 is 0 Å². The van der Waals surface area contributed by atoms with Crippen molar-refractivity contribution < 1.29 is 4.92 Å². The van der Waals surface area contributed by atoms with Crippen molar-refractivity contribution in [2.24, 2.45) is 0 Å². The summed E-state index contributed by atoms with van der Waals surface area (Å²) < 4.78 is 0. The topological polar surface area (TPSA) is 95.1 Å². The monoisotopic (exact) mass is 273 g/mol. The maximum atomic E-state index is 11.1. The van der Waals surface area contributed by atoms with Crippen LogP contribution >= 0.6 is 0 Å². The van der Waals surface area contributed by atoms with Crippen LogP contribution in [0.1, 0.15) is 24.8 Å². The predicted octanol–water partition coefficient (Wildman–Crippen LogP) is 1.51. The van der Waals surface area contributed by atoms with E-state index in [0.717, 1.165) is 19.5 Å². The van der Waals surface area contributed by atoms with Crippen LogP contribution in [-0.2, 0) is 0 Å². The number of nitrogens with one attached hydrogen (secondary N) is 1. The first-order valence-corrected chi connectivity index (χ1v) is 6.73. The molecule has 1 saturated heterocycles. The first kappa shape index (κ1) is 12.8. The molecule has 104 valence electrons. The summed E-state index contributed by atoms with van der Waals surface area (Å²) in [5.41, 5.74) is -0.176. The number of pyridine rings is 1. The van der Waals surface area contributed by atoms with Gasteiger partial charge in [0.15, 0.2) is 0 Å². The van der Waals surface area contributed by atoms with Gasteiger partial charge in [0.25, 0.3) is 0 Å². The zero-order valence-electron chi connectivity index (χ0n) is 11.0. The van der Waals surface area contributed by atoms with Crippen LogP contribution in [0.3, 0.4) is 0 Å². The van der Waals surface area contributed by atoms with Crippen LogP contribution in [0.2, 0.25) is 0 Å². The van der Waals surface area contributed by atoms with Crippen LogP contribution in [0, 0.1) is 21.4 Å². The quantitative estimate of drug-likeness (QED) is 0.660. The minimum Gasteiger partial charge on any atom is -0.360 e. The van der Waals surface area contributed by atoms with Crippen molar-refractivity contribution >= 4 is 11.5 Å². The number of aromatic nitrogens is 1. The van der Waals surface area contributed by atoms with Crippen LogP contribution in [0.15, 0.2) is 12.3 Å². The normalized spacial score (nSPS) is 22.4. The highest BCUT2D eigenvalue weighted by Crippen LogP contribution is 2.32. The number of anilines is 1. The molecular weight excluding hydrogens is 258 g/mol. The molecule has 2 heterocycles. The Morgan fingerprint density at radius 2 is 2.30 bits per heavy atom. The van der Waals surface area contributed by atoms with Crippen LogP contribution in [0.25, 0.3) is 0 Å². The van der Waals surface area contributed by atoms with E-state index in [4.69, 9.17) is 5.26 Å². The second-order valence-electron chi connectivity index (χ2n) is 5.28. The van der Waals surface area contributed by atoms with E-state index in [1.54, 1.807) is 0 Å². The molecule has 3 rings (SSSR count). The molecule has 7 nitrogen and oxygen atoms in total. The number of rotatable bonds is 4. The molecule has 1 aliphatic carbocycles. The van der Waals surface area contributed by atoms with Crippen molar-refractivity contribution in [3.8, 4) is 6.07 Å². The number of nitro groups is 1. The first-order valence-electron chi connectivity index (χ1n) is 6.73. The Morgan fingerprint density at radius 1 is 1.50 bits per heavy atom. The van der Waals surface area contributed by atoms with Gasteiger partial charge in [-0.15, -0.1) is 0 Å². The maximum absolute atomic E-state index is 11.1. The van der Waals surface area contributed by atoms with Gasteiger partial charge in [0, 0.05) is 31.4 Å². The van der Waals surface area contributed by atoms with E-state index < -0.39 is 4.92 Å². The Bertz CT molecular complexity index is 579. The van der Waals surface area contributed by atoms with Crippen molar-refractivity contribution in [1.82, 2.24) is 9.88 Å². The highest BCUT2D eigenvalue weighted by Gasteiger charge is 2.35. The molecule has 1 atom stereocenters. The van der Waals surface area contributed by atoms with Crippen LogP contribution in [0.5, 0.6) is 0 Å². The number of hydrogen-bond acceptors (Lipinski definition) is 6. The van der Waals surface area contributed by atoms with Gasteiger partial charge in [0.2, 0.25) is 5.82 Å². The summed E-state index contributed by atoms with van der Waals surface area (Å²) in [5.74, 6) is 0.205. The van der Waals surface area contributed by atoms with E-state index in [9.17, 15) is 10.1 Å². The van der Waals surface area contributed by atoms with Crippen molar-refractivity contribution in [3.63, 3.8) is 0 Å². The van der Waals surface area contributed by atoms with Gasteiger partial charge in [0.05, 0.1) is 4.92 Å². The molecule has 20 heavy (non-hydrogen) atoms. The fraction of sp³-hybridized carbons (Fsp3) is 0.538. The highest BCUT2D eigenvalue weighted by molar-refractivity contribution is 5.64. The minimum absolute atomic E-state index is 0.0459. The van der Waals surface area contributed by atoms with Gasteiger partial charge in [-0.1, -0.05) is 0 Å². The van der Waals surface area contributed by atoms with Gasteiger partial charge < -0.3 is 5.32 Å². The van der Waals surface area contributed by atoms with Crippen LogP contribution < -0.4 is 5.32 Å². The van der Waals surface area contributed by atoms with Crippen molar-refractivity contribution in [2.75, 3.05) is 18.4 Å². The zero-order chi connectivity index (χ0) is 14.1. The average molecular weight is 273 g/mol. The maximum Gasteiger partial charge on any atom is 0.328 e. The van der Waals surface area contributed by atoms with Gasteiger partial charge in [-0.2, -0.15) is 5.26 Å². The van der Waals surface area contributed by atoms with Crippen molar-refractivity contribution in [1.29, 1.82) is 5.26 Å². The summed E-state index contributed by atoms with van der Waals surface area (Å²) >= 11 is 0. The fourth-order valence-corrected chi connectivity index (χ4v) is 2.70. The van der Waals surface area contributed by atoms with E-state index in [0.29, 0.717) is 6.04 Å². The molecule has 0 amide bonds. The Kier molecular flexibility index (Phi) is 3.24. The van der Waals surface area contributed by atoms with Crippen LogP contribution in [0.4, 0.5) is 11.5 Å². The third-order valence-electron chi connectivity index (χ3n) is 3.85. The van der Waals surface area contributed by atoms with Crippen molar-refractivity contribution in [3.05, 3.63) is 27.9 Å². The second-order valence-corrected chi connectivity index (χ2v) is 5.28. The number of hydrogen-bond donors (Lipinski definition) is 1. The molecule has 7 heteroatoms. The smallest absolute Gasteiger partial charge is 0.328 e. The third-order valence-corrected chi connectivity index (χ3v) is 3.85. The molecular formula is C13H15N5O2. The standard InChI is InChI=1S/C13H15N5O2/c14-7-9-3-5-15-13(12(9)18(19)20)16-10-4-6-17(8-10)11-1-2-11/h3,5,10-11H,1-2,4,6,8H2,(H,15,16). The summed E-state index contributed by atoms with van der Waals surface area (Å²) in [5, 5.41) is 23.2. The summed E-state index contributed by atoms with van der Waals surface area (Å²) in [6, 6.07) is 4.08. The molecule has 1 aliphatic heterocycles. The van der Waals surface area contributed by atoms with Gasteiger partial charge in [-0.25, -0.2) is 4.98 Å². The molecule has 1 aromatic rings. The average Bonchev–Trinajstić information content (AvgIpc) is 3.19. The number of nitriles is 1. The lowest BCUT2D eigenvalue weighted by atomic mass is 10.2. The molecule has 0 spiro atoms. The summed E-state index contributed by atoms with van der Waals surface area (Å²) in [7, 11) is 0. The Balaban J connectivity index is 1.77. The Hall–Kier alpha value is -2.20. The van der Waals surface area contributed by atoms with E-state index in [1.807, 2.05) is 6.07 Å². The molecule has 0 radical (unpaired) electrons. The lowest BCUT2D eigenvalue weighted by Crippen LogP contribution is -2.28. The third kappa shape index (κ3) is 2.42. The molecule has 2 fully saturated rings. The molecule has 2 aliphatic rings. The summed E-state index contributed by atoms with van der Waals surface area (Å²) in [6.45, 7) is 1.91. The minimum atomic E-state index is -0.540. The number of likely N-dealkylation sites (tertiary alicyclic amines) is 1. The molecule has 0 aromatic carbocycles. The lowest BCUT2D eigenvalue weighted by Gasteiger charge is -2.16. The van der Waals surface area contributed by atoms with Crippen molar-refractivity contribution in [2.45, 2.75) is 31.3 Å². The predicted molar refractivity (Wildman–Crippen MR) is 72.2 cm³/mol. The molecule has 0 bridgehead atoms. The first-order chi connectivity index (χ1) is 9.69. The number of nitrogens with zero attached hydrogens (tertiary/aromatic N) is 4. The van der Waals surface area contributed by atoms with E-state index in [1.165, 1.54) is 25.1 Å². The molecule has 1 aromatic heterocycles. The molecule has 1 N–H and O–H groups in total. The van der Waals surface area contributed by atoms with Crippen LogP contribution in [-0.4, -0.2) is 40.0 Å². The van der Waals surface area contributed by atoms with E-state index in [-0.39, 0.29) is 23.1 Å². The van der Waals surface area contributed by atoms with Gasteiger partial charge in [-0.3, -0.25) is 15.0 Å². The van der Waals surface area contributed by atoms with Gasteiger partial charge in [0.1, 0.15) is 11.6 Å². The summed E-state index contributed by atoms with van der Waals surface area (Å²) in [6.07, 6.45) is 4.90. The molecule has 1 saturated carbocycles. The van der Waals surface area contributed by atoms with Gasteiger partial charge >= 0.3 is 5.69 Å². The largest absolute Gasteiger partial charge is 0.360 e. The SMILES string of the molecule is N#Cc1ccnc(NC2CCN(C3CC3)C2)c1[N+](=O)[O-]. The lowest BCUT2D eigenvalue weighted by molar-refractivity contribution is -0.384. The summed E-state index contributed by atoms with van der Waals surface area (Å²) in [4.78, 5) is 17.0. The highest BCUT2D eigenvalue weighted by atomic mass is 16.6. The fourth-order valence-electron chi connectivity index (χ4n) is 2.70. The molecule has 1 unspecified atom stereocenters. The van der Waals surface area contributed by atoms with E-state index in [2.05, 4.69) is 15.2 Å². The Labute approximate surface area is 116 Å². The Morgan fingerprint density at radius 3 is 2.95 bits per heavy atom. The van der Waals surface area contributed by atoms with Gasteiger partial charge in [-0.05, 0) is 25.3 Å². The second kappa shape index (κ2) is 5.06.